The van der Waals surface area contributed by atoms with E-state index in [0.29, 0.717) is 37.7 Å². The molecule has 25 heavy (non-hydrogen) atoms. The number of nitrogens with zero attached hydrogens (tertiary/aromatic N) is 5. The fourth-order valence-electron chi connectivity index (χ4n) is 2.87. The van der Waals surface area contributed by atoms with Crippen LogP contribution < -0.4 is 10.6 Å². The highest BCUT2D eigenvalue weighted by Crippen LogP contribution is 2.32. The SMILES string of the molecule is CN(C)c1nc(N)nc(COC(=O)C2CCN(C(=O)C3CC3)CC2)n1. The van der Waals surface area contributed by atoms with Gasteiger partial charge in [0.1, 0.15) is 0 Å². The van der Waals surface area contributed by atoms with E-state index in [1.54, 1.807) is 19.0 Å². The molecule has 0 bridgehead atoms. The molecule has 1 amide bonds. The number of likely N-dealkylation sites (tertiary alicyclic amines) is 1. The van der Waals surface area contributed by atoms with Gasteiger partial charge in [0, 0.05) is 33.1 Å². The van der Waals surface area contributed by atoms with Crippen LogP contribution in [0.5, 0.6) is 0 Å². The first kappa shape index (κ1) is 17.4. The minimum atomic E-state index is -0.274. The van der Waals surface area contributed by atoms with Crippen LogP contribution in [0, 0.1) is 11.8 Å². The van der Waals surface area contributed by atoms with Crippen molar-refractivity contribution in [3.05, 3.63) is 5.82 Å². The molecule has 1 saturated heterocycles. The van der Waals surface area contributed by atoms with Gasteiger partial charge in [-0.25, -0.2) is 0 Å². The van der Waals surface area contributed by atoms with Gasteiger partial charge in [0.2, 0.25) is 17.8 Å². The third kappa shape index (κ3) is 4.34. The molecule has 2 aliphatic rings. The number of hydrogen-bond acceptors (Lipinski definition) is 8. The largest absolute Gasteiger partial charge is 0.457 e. The molecule has 0 atom stereocenters. The van der Waals surface area contributed by atoms with Crippen molar-refractivity contribution in [2.75, 3.05) is 37.8 Å². The number of piperidine rings is 1. The molecule has 136 valence electrons. The second-order valence-electron chi connectivity index (χ2n) is 6.79. The number of nitrogens with two attached hydrogens (primary N) is 1. The Kier molecular flexibility index (Phi) is 5.00. The summed E-state index contributed by atoms with van der Waals surface area (Å²) in [7, 11) is 3.59. The maximum atomic E-state index is 12.3. The van der Waals surface area contributed by atoms with Crippen LogP contribution in [0.2, 0.25) is 0 Å². The summed E-state index contributed by atoms with van der Waals surface area (Å²) in [5, 5.41) is 0. The maximum Gasteiger partial charge on any atom is 0.309 e. The van der Waals surface area contributed by atoms with Crippen LogP contribution in [0.4, 0.5) is 11.9 Å². The normalized spacial score (nSPS) is 18.1. The molecule has 2 fully saturated rings. The van der Waals surface area contributed by atoms with Gasteiger partial charge in [-0.15, -0.1) is 0 Å². The topological polar surface area (TPSA) is 115 Å². The first-order valence-electron chi connectivity index (χ1n) is 8.57. The molecule has 1 saturated carbocycles. The number of nitrogen functional groups attached to an aromatic ring is 1. The van der Waals surface area contributed by atoms with Crippen LogP contribution in [0.25, 0.3) is 0 Å². The lowest BCUT2D eigenvalue weighted by atomic mass is 9.97. The number of ether oxygens (including phenoxy) is 1. The van der Waals surface area contributed by atoms with Gasteiger partial charge in [-0.05, 0) is 25.7 Å². The van der Waals surface area contributed by atoms with E-state index in [-0.39, 0.29) is 36.3 Å². The highest BCUT2D eigenvalue weighted by molar-refractivity contribution is 5.81. The zero-order valence-corrected chi connectivity index (χ0v) is 14.6. The van der Waals surface area contributed by atoms with Gasteiger partial charge in [-0.3, -0.25) is 9.59 Å². The monoisotopic (exact) mass is 348 g/mol. The summed E-state index contributed by atoms with van der Waals surface area (Å²) in [6.07, 6.45) is 3.29. The maximum absolute atomic E-state index is 12.3. The van der Waals surface area contributed by atoms with E-state index >= 15 is 0 Å². The number of aromatic nitrogens is 3. The smallest absolute Gasteiger partial charge is 0.309 e. The van der Waals surface area contributed by atoms with Gasteiger partial charge >= 0.3 is 5.97 Å². The first-order valence-corrected chi connectivity index (χ1v) is 8.57. The Bertz CT molecular complexity index is 653. The van der Waals surface area contributed by atoms with Gasteiger partial charge in [-0.1, -0.05) is 0 Å². The number of anilines is 2. The van der Waals surface area contributed by atoms with E-state index in [1.165, 1.54) is 0 Å². The molecular formula is C16H24N6O3. The Morgan fingerprint density at radius 1 is 1.12 bits per heavy atom. The Balaban J connectivity index is 1.49. The Labute approximate surface area is 146 Å². The Morgan fingerprint density at radius 2 is 1.80 bits per heavy atom. The van der Waals surface area contributed by atoms with Crippen molar-refractivity contribution in [3.63, 3.8) is 0 Å². The number of rotatable bonds is 5. The fraction of sp³-hybridized carbons (Fsp3) is 0.688. The van der Waals surface area contributed by atoms with Gasteiger partial charge in [0.25, 0.3) is 0 Å². The summed E-state index contributed by atoms with van der Waals surface area (Å²) >= 11 is 0. The van der Waals surface area contributed by atoms with Gasteiger partial charge in [-0.2, -0.15) is 15.0 Å². The fourth-order valence-corrected chi connectivity index (χ4v) is 2.87. The predicted molar refractivity (Wildman–Crippen MR) is 90.4 cm³/mol. The predicted octanol–water partition coefficient (Wildman–Crippen LogP) is 0.212. The van der Waals surface area contributed by atoms with Crippen LogP contribution in [-0.2, 0) is 20.9 Å². The molecule has 1 aromatic rings. The lowest BCUT2D eigenvalue weighted by Crippen LogP contribution is -2.41. The summed E-state index contributed by atoms with van der Waals surface area (Å²) in [6.45, 7) is 1.21. The van der Waals surface area contributed by atoms with E-state index < -0.39 is 0 Å². The summed E-state index contributed by atoms with van der Waals surface area (Å²) in [6, 6.07) is 0. The van der Waals surface area contributed by atoms with Crippen molar-refractivity contribution in [2.45, 2.75) is 32.3 Å². The molecule has 1 aliphatic carbocycles. The zero-order valence-electron chi connectivity index (χ0n) is 14.6. The second-order valence-corrected chi connectivity index (χ2v) is 6.79. The Morgan fingerprint density at radius 3 is 2.40 bits per heavy atom. The molecule has 0 radical (unpaired) electrons. The molecule has 3 rings (SSSR count). The molecule has 1 aliphatic heterocycles. The molecule has 9 nitrogen and oxygen atoms in total. The van der Waals surface area contributed by atoms with E-state index in [0.717, 1.165) is 12.8 Å². The summed E-state index contributed by atoms with van der Waals surface area (Å²) < 4.78 is 5.34. The van der Waals surface area contributed by atoms with E-state index in [9.17, 15) is 9.59 Å². The molecule has 0 spiro atoms. The second kappa shape index (κ2) is 7.20. The standard InChI is InChI=1S/C16H24N6O3/c1-21(2)16-19-12(18-15(17)20-16)9-25-14(24)11-5-7-22(8-6-11)13(23)10-3-4-10/h10-11H,3-9H2,1-2H3,(H2,17,18,19,20). The van der Waals surface area contributed by atoms with E-state index in [4.69, 9.17) is 10.5 Å². The number of amides is 1. The molecule has 2 N–H and O–H groups in total. The van der Waals surface area contributed by atoms with Crippen molar-refractivity contribution < 1.29 is 14.3 Å². The molecular weight excluding hydrogens is 324 g/mol. The zero-order chi connectivity index (χ0) is 18.0. The van der Waals surface area contributed by atoms with Gasteiger partial charge in [0.15, 0.2) is 12.4 Å². The highest BCUT2D eigenvalue weighted by Gasteiger charge is 2.36. The average Bonchev–Trinajstić information content (AvgIpc) is 3.43. The first-order chi connectivity index (χ1) is 11.9. The highest BCUT2D eigenvalue weighted by atomic mass is 16.5. The molecule has 1 aromatic heterocycles. The van der Waals surface area contributed by atoms with Crippen LogP contribution in [-0.4, -0.2) is 58.9 Å². The average molecular weight is 348 g/mol. The lowest BCUT2D eigenvalue weighted by molar-refractivity contribution is -0.153. The van der Waals surface area contributed by atoms with Crippen LogP contribution in [0.3, 0.4) is 0 Å². The van der Waals surface area contributed by atoms with Crippen molar-refractivity contribution in [1.82, 2.24) is 19.9 Å². The summed E-state index contributed by atoms with van der Waals surface area (Å²) in [4.78, 5) is 40.1. The molecule has 2 heterocycles. The molecule has 0 unspecified atom stereocenters. The summed E-state index contributed by atoms with van der Waals surface area (Å²) in [5.41, 5.74) is 5.65. The Hall–Kier alpha value is -2.45. The van der Waals surface area contributed by atoms with E-state index in [2.05, 4.69) is 15.0 Å². The summed E-state index contributed by atoms with van der Waals surface area (Å²) in [5.74, 6) is 0.847. The lowest BCUT2D eigenvalue weighted by Gasteiger charge is -2.31. The third-order valence-electron chi connectivity index (χ3n) is 4.50. The van der Waals surface area contributed by atoms with Crippen molar-refractivity contribution >= 4 is 23.8 Å². The van der Waals surface area contributed by atoms with Crippen molar-refractivity contribution in [3.8, 4) is 0 Å². The van der Waals surface area contributed by atoms with Crippen LogP contribution in [0.1, 0.15) is 31.5 Å². The minimum Gasteiger partial charge on any atom is -0.457 e. The number of carbonyl (C=O) groups excluding carboxylic acids is 2. The molecule has 9 heteroatoms. The van der Waals surface area contributed by atoms with Gasteiger partial charge in [0.05, 0.1) is 5.92 Å². The van der Waals surface area contributed by atoms with Crippen LogP contribution in [0.15, 0.2) is 0 Å². The molecule has 0 aromatic carbocycles. The van der Waals surface area contributed by atoms with Crippen molar-refractivity contribution in [1.29, 1.82) is 0 Å². The number of carbonyl (C=O) groups is 2. The van der Waals surface area contributed by atoms with E-state index in [1.807, 2.05) is 4.90 Å². The van der Waals surface area contributed by atoms with Crippen molar-refractivity contribution in [2.24, 2.45) is 11.8 Å². The van der Waals surface area contributed by atoms with Gasteiger partial charge < -0.3 is 20.3 Å². The minimum absolute atomic E-state index is 0.0341. The quantitative estimate of drug-likeness (QED) is 0.751. The third-order valence-corrected chi connectivity index (χ3v) is 4.50. The van der Waals surface area contributed by atoms with Crippen LogP contribution >= 0.6 is 0 Å². The number of hydrogen-bond donors (Lipinski definition) is 1. The number of esters is 1.